The number of rotatable bonds is 8. The van der Waals surface area contributed by atoms with Crippen molar-refractivity contribution < 1.29 is 18.7 Å². The quantitative estimate of drug-likeness (QED) is 0.397. The van der Waals surface area contributed by atoms with Gasteiger partial charge in [-0.05, 0) is 36.2 Å². The van der Waals surface area contributed by atoms with Crippen LogP contribution in [0.3, 0.4) is 0 Å². The first-order chi connectivity index (χ1) is 15.6. The molecule has 0 atom stereocenters. The predicted molar refractivity (Wildman–Crippen MR) is 119 cm³/mol. The van der Waals surface area contributed by atoms with E-state index in [4.69, 9.17) is 19.5 Å². The summed E-state index contributed by atoms with van der Waals surface area (Å²) in [6.45, 7) is 2.71. The summed E-state index contributed by atoms with van der Waals surface area (Å²) in [6.07, 6.45) is 0. The van der Waals surface area contributed by atoms with Gasteiger partial charge in [0.1, 0.15) is 23.2 Å². The van der Waals surface area contributed by atoms with Crippen LogP contribution in [0, 0.1) is 24.1 Å². The van der Waals surface area contributed by atoms with Crippen molar-refractivity contribution in [3.63, 3.8) is 0 Å². The maximum absolute atomic E-state index is 14.4. The average molecular weight is 431 g/mol. The van der Waals surface area contributed by atoms with E-state index in [2.05, 4.69) is 10.3 Å². The molecule has 0 radical (unpaired) electrons. The zero-order chi connectivity index (χ0) is 22.5. The number of halogens is 1. The molecule has 4 rings (SSSR count). The number of aliphatic hydroxyl groups is 1. The van der Waals surface area contributed by atoms with Crippen LogP contribution in [0.5, 0.6) is 5.75 Å². The van der Waals surface area contributed by atoms with E-state index < -0.39 is 0 Å². The first-order valence-corrected chi connectivity index (χ1v) is 10.2. The Balaban J connectivity index is 1.76. The molecule has 4 aromatic rings. The van der Waals surface area contributed by atoms with Crippen LogP contribution in [0.25, 0.3) is 33.7 Å². The van der Waals surface area contributed by atoms with E-state index >= 15 is 0 Å². The molecule has 6 nitrogen and oxygen atoms in total. The van der Waals surface area contributed by atoms with Crippen molar-refractivity contribution in [2.45, 2.75) is 13.5 Å². The highest BCUT2D eigenvalue weighted by molar-refractivity contribution is 5.82. The molecule has 0 aliphatic heterocycles. The first kappa shape index (κ1) is 21.5. The van der Waals surface area contributed by atoms with Gasteiger partial charge in [-0.15, -0.1) is 0 Å². The molecule has 0 aliphatic carbocycles. The van der Waals surface area contributed by atoms with Crippen molar-refractivity contribution >= 4 is 11.1 Å². The third-order valence-corrected chi connectivity index (χ3v) is 5.20. The number of aliphatic hydroxyl groups excluding tert-OH is 1. The van der Waals surface area contributed by atoms with E-state index in [1.54, 1.807) is 24.3 Å². The highest BCUT2D eigenvalue weighted by Crippen LogP contribution is 2.35. The fourth-order valence-corrected chi connectivity index (χ4v) is 3.64. The molecule has 7 heteroatoms. The van der Waals surface area contributed by atoms with Gasteiger partial charge in [-0.2, -0.15) is 5.26 Å². The molecule has 0 unspecified atom stereocenters. The number of ether oxygens (including phenoxy) is 1. The maximum atomic E-state index is 14.4. The summed E-state index contributed by atoms with van der Waals surface area (Å²) in [4.78, 5) is 4.65. The minimum atomic E-state index is -0.287. The second-order valence-corrected chi connectivity index (χ2v) is 7.25. The zero-order valence-corrected chi connectivity index (χ0v) is 17.6. The Labute approximate surface area is 184 Å². The molecule has 1 heterocycles. The van der Waals surface area contributed by atoms with Gasteiger partial charge in [0.05, 0.1) is 6.61 Å². The number of oxazole rings is 1. The molecule has 0 saturated heterocycles. The van der Waals surface area contributed by atoms with Crippen molar-refractivity contribution in [1.82, 2.24) is 10.3 Å². The topological polar surface area (TPSA) is 91.3 Å². The third-order valence-electron chi connectivity index (χ3n) is 5.20. The van der Waals surface area contributed by atoms with Crippen molar-refractivity contribution in [2.75, 3.05) is 19.8 Å². The summed E-state index contributed by atoms with van der Waals surface area (Å²) in [5.41, 5.74) is 4.88. The molecular weight excluding hydrogens is 409 g/mol. The van der Waals surface area contributed by atoms with Gasteiger partial charge in [0.15, 0.2) is 12.2 Å². The largest absolute Gasteiger partial charge is 0.478 e. The van der Waals surface area contributed by atoms with Gasteiger partial charge in [-0.1, -0.05) is 30.3 Å². The van der Waals surface area contributed by atoms with Crippen molar-refractivity contribution in [1.29, 1.82) is 5.26 Å². The van der Waals surface area contributed by atoms with Crippen LogP contribution in [-0.2, 0) is 6.54 Å². The molecule has 0 spiro atoms. The van der Waals surface area contributed by atoms with Crippen molar-refractivity contribution in [2.24, 2.45) is 0 Å². The fourth-order valence-electron chi connectivity index (χ4n) is 3.64. The number of nitrogens with one attached hydrogen (secondary N) is 1. The summed E-state index contributed by atoms with van der Waals surface area (Å²) in [6, 6.07) is 17.8. The van der Waals surface area contributed by atoms with Crippen LogP contribution in [0.15, 0.2) is 59.0 Å². The summed E-state index contributed by atoms with van der Waals surface area (Å²) < 4.78 is 26.0. The predicted octanol–water partition coefficient (Wildman–Crippen LogP) is 4.59. The van der Waals surface area contributed by atoms with E-state index in [-0.39, 0.29) is 19.0 Å². The number of nitriles is 1. The molecule has 1 aromatic heterocycles. The van der Waals surface area contributed by atoms with Crippen molar-refractivity contribution in [3.8, 4) is 34.4 Å². The molecule has 32 heavy (non-hydrogen) atoms. The molecule has 0 saturated carbocycles. The monoisotopic (exact) mass is 431 g/mol. The zero-order valence-electron chi connectivity index (χ0n) is 17.6. The summed E-state index contributed by atoms with van der Waals surface area (Å²) in [5, 5.41) is 21.0. The van der Waals surface area contributed by atoms with Gasteiger partial charge >= 0.3 is 0 Å². The Morgan fingerprint density at radius 1 is 1.12 bits per heavy atom. The molecular formula is C25H22FN3O3. The number of aromatic nitrogens is 1. The van der Waals surface area contributed by atoms with Gasteiger partial charge in [-0.25, -0.2) is 9.37 Å². The minimum absolute atomic E-state index is 0.0162. The Bertz CT molecular complexity index is 1290. The standard InChI is InChI=1S/C25H22FN3O3/c1-16-18(20-5-2-3-8-21(20)26)6-4-7-19(16)25-29-22-13-17(15-28-10-11-30)23(31-12-9-27)14-24(22)32-25/h2-8,13-14,28,30H,10-12,15H2,1H3. The lowest BCUT2D eigenvalue weighted by molar-refractivity contribution is 0.291. The molecule has 3 aromatic carbocycles. The molecule has 2 N–H and O–H groups in total. The SMILES string of the molecule is Cc1c(-c2nc3cc(CNCCO)c(OCC#N)cc3o2)cccc1-c1ccccc1F. The summed E-state index contributed by atoms with van der Waals surface area (Å²) in [7, 11) is 0. The first-order valence-electron chi connectivity index (χ1n) is 10.2. The maximum Gasteiger partial charge on any atom is 0.227 e. The normalized spacial score (nSPS) is 10.9. The van der Waals surface area contributed by atoms with Gasteiger partial charge in [0, 0.05) is 35.8 Å². The van der Waals surface area contributed by atoms with Crippen LogP contribution in [-0.4, -0.2) is 29.8 Å². The lowest BCUT2D eigenvalue weighted by Gasteiger charge is -2.10. The van der Waals surface area contributed by atoms with Gasteiger partial charge in [0.25, 0.3) is 0 Å². The molecule has 0 aliphatic rings. The third kappa shape index (κ3) is 4.33. The highest BCUT2D eigenvalue weighted by Gasteiger charge is 2.17. The van der Waals surface area contributed by atoms with E-state index in [0.29, 0.717) is 41.4 Å². The van der Waals surface area contributed by atoms with Crippen LogP contribution in [0.4, 0.5) is 4.39 Å². The van der Waals surface area contributed by atoms with Crippen molar-refractivity contribution in [3.05, 3.63) is 71.5 Å². The lowest BCUT2D eigenvalue weighted by Crippen LogP contribution is -2.18. The number of hydrogen-bond acceptors (Lipinski definition) is 6. The Morgan fingerprint density at radius 2 is 1.91 bits per heavy atom. The molecule has 0 amide bonds. The van der Waals surface area contributed by atoms with E-state index in [0.717, 1.165) is 22.3 Å². The van der Waals surface area contributed by atoms with E-state index in [1.165, 1.54) is 6.07 Å². The highest BCUT2D eigenvalue weighted by atomic mass is 19.1. The molecule has 0 fully saturated rings. The second-order valence-electron chi connectivity index (χ2n) is 7.25. The Kier molecular flexibility index (Phi) is 6.45. The van der Waals surface area contributed by atoms with Gasteiger partial charge in [-0.3, -0.25) is 0 Å². The summed E-state index contributed by atoms with van der Waals surface area (Å²) in [5.74, 6) is 0.649. The number of hydrogen-bond donors (Lipinski definition) is 2. The minimum Gasteiger partial charge on any atom is -0.478 e. The van der Waals surface area contributed by atoms with Gasteiger partial charge in [0.2, 0.25) is 5.89 Å². The smallest absolute Gasteiger partial charge is 0.227 e. The fraction of sp³-hybridized carbons (Fsp3) is 0.200. The van der Waals surface area contributed by atoms with Crippen LogP contribution >= 0.6 is 0 Å². The van der Waals surface area contributed by atoms with Gasteiger partial charge < -0.3 is 19.6 Å². The second kappa shape index (κ2) is 9.60. The van der Waals surface area contributed by atoms with Crippen LogP contribution in [0.2, 0.25) is 0 Å². The number of fused-ring (bicyclic) bond motifs is 1. The average Bonchev–Trinajstić information content (AvgIpc) is 3.21. The van der Waals surface area contributed by atoms with E-state index in [9.17, 15) is 4.39 Å². The Morgan fingerprint density at radius 3 is 2.69 bits per heavy atom. The molecule has 0 bridgehead atoms. The van der Waals surface area contributed by atoms with Crippen LogP contribution in [0.1, 0.15) is 11.1 Å². The Hall–Kier alpha value is -3.73. The number of nitrogens with zero attached hydrogens (tertiary/aromatic N) is 2. The lowest BCUT2D eigenvalue weighted by atomic mass is 9.96. The van der Waals surface area contributed by atoms with E-state index in [1.807, 2.05) is 37.3 Å². The summed E-state index contributed by atoms with van der Waals surface area (Å²) >= 11 is 0. The molecule has 162 valence electrons. The number of benzene rings is 3. The van der Waals surface area contributed by atoms with Crippen LogP contribution < -0.4 is 10.1 Å².